The minimum atomic E-state index is 0.0734. The number of hydrogen-bond donors (Lipinski definition) is 2. The van der Waals surface area contributed by atoms with Crippen LogP contribution < -0.4 is 20.3 Å². The Morgan fingerprint density at radius 3 is 1.99 bits per heavy atom. The van der Waals surface area contributed by atoms with Gasteiger partial charge in [-0.15, -0.1) is 20.4 Å². The third kappa shape index (κ3) is 8.56. The Bertz CT molecular complexity index is 3480. The zero-order valence-corrected chi connectivity index (χ0v) is 39.2. The number of morpholine rings is 1. The van der Waals surface area contributed by atoms with Crippen molar-refractivity contribution in [3.63, 3.8) is 0 Å². The largest absolute Gasteiger partial charge is 0.481 e. The Morgan fingerprint density at radius 2 is 1.29 bits per heavy atom. The number of aromatic nitrogens is 16. The SMILES string of the molecule is COc1cc2c(cn1)nc(-c1cn3c(CCc4cccc(Cn5c(-c6cn7c(C)nnc7c(NC(C)C)n6)nc6cnc(N7CCOCC7)cc65)n4)nnc3c(NC(C)C)n1)n2Cc1ccccn1. The average Bonchev–Trinajstić information content (AvgIpc) is 4.14. The summed E-state index contributed by atoms with van der Waals surface area (Å²) in [4.78, 5) is 41.8. The fourth-order valence-corrected chi connectivity index (χ4v) is 8.70. The Kier molecular flexibility index (Phi) is 11.4. The molecule has 0 atom stereocenters. The first-order valence-corrected chi connectivity index (χ1v) is 23.1. The van der Waals surface area contributed by atoms with Crippen LogP contribution in [0.1, 0.15) is 56.4 Å². The number of hydrogen-bond acceptors (Lipinski definition) is 17. The zero-order valence-electron chi connectivity index (χ0n) is 39.2. The molecule has 21 heteroatoms. The molecular weight excluding hydrogens is 875 g/mol. The van der Waals surface area contributed by atoms with Crippen molar-refractivity contribution in [1.82, 2.24) is 78.2 Å². The van der Waals surface area contributed by atoms with Gasteiger partial charge in [-0.3, -0.25) is 18.8 Å². The second kappa shape index (κ2) is 18.1. The number of imidazole rings is 2. The van der Waals surface area contributed by atoms with Crippen LogP contribution in [0.25, 0.3) is 56.4 Å². The van der Waals surface area contributed by atoms with E-state index >= 15 is 0 Å². The van der Waals surface area contributed by atoms with Crippen LogP contribution in [-0.2, 0) is 30.7 Å². The van der Waals surface area contributed by atoms with Gasteiger partial charge >= 0.3 is 0 Å². The van der Waals surface area contributed by atoms with Crippen molar-refractivity contribution >= 4 is 50.8 Å². The fourth-order valence-electron chi connectivity index (χ4n) is 8.70. The topological polar surface area (TPSA) is 219 Å². The minimum absolute atomic E-state index is 0.0734. The third-order valence-corrected chi connectivity index (χ3v) is 11.9. The number of nitrogens with zero attached hydrogens (tertiary/aromatic N) is 17. The van der Waals surface area contributed by atoms with E-state index in [9.17, 15) is 0 Å². The second-order valence-electron chi connectivity index (χ2n) is 17.6. The zero-order chi connectivity index (χ0) is 47.2. The highest BCUT2D eigenvalue weighted by Crippen LogP contribution is 2.31. The van der Waals surface area contributed by atoms with Crippen LogP contribution in [0.3, 0.4) is 0 Å². The molecule has 0 spiro atoms. The number of nitrogens with one attached hydrogen (secondary N) is 2. The molecular formula is C48H51N19O2. The number of fused-ring (bicyclic) bond motifs is 4. The molecule has 0 unspecified atom stereocenters. The highest BCUT2D eigenvalue weighted by atomic mass is 16.5. The van der Waals surface area contributed by atoms with Gasteiger partial charge < -0.3 is 34.1 Å². The van der Waals surface area contributed by atoms with Gasteiger partial charge in [0.15, 0.2) is 23.3 Å². The van der Waals surface area contributed by atoms with Crippen molar-refractivity contribution in [2.45, 2.75) is 72.6 Å². The number of pyridine rings is 4. The van der Waals surface area contributed by atoms with Gasteiger partial charge in [0.25, 0.3) is 0 Å². The van der Waals surface area contributed by atoms with Crippen LogP contribution in [0.4, 0.5) is 17.5 Å². The summed E-state index contributed by atoms with van der Waals surface area (Å²) in [5.74, 6) is 5.41. The summed E-state index contributed by atoms with van der Waals surface area (Å²) in [5, 5.41) is 25.1. The first-order chi connectivity index (χ1) is 33.6. The quantitative estimate of drug-likeness (QED) is 0.123. The predicted molar refractivity (Wildman–Crippen MR) is 261 cm³/mol. The summed E-state index contributed by atoms with van der Waals surface area (Å²) in [6.45, 7) is 13.9. The van der Waals surface area contributed by atoms with Gasteiger partial charge in [0.05, 0.1) is 68.2 Å². The Hall–Kier alpha value is -8.20. The summed E-state index contributed by atoms with van der Waals surface area (Å²) in [6.07, 6.45) is 10.4. The lowest BCUT2D eigenvalue weighted by Crippen LogP contribution is -2.36. The molecule has 0 amide bonds. The van der Waals surface area contributed by atoms with E-state index in [0.29, 0.717) is 96.5 Å². The van der Waals surface area contributed by atoms with E-state index in [4.69, 9.17) is 44.5 Å². The van der Waals surface area contributed by atoms with Crippen molar-refractivity contribution in [3.05, 3.63) is 108 Å². The van der Waals surface area contributed by atoms with E-state index in [1.54, 1.807) is 19.5 Å². The Balaban J connectivity index is 0.946. The van der Waals surface area contributed by atoms with Crippen molar-refractivity contribution in [3.8, 4) is 28.9 Å². The summed E-state index contributed by atoms with van der Waals surface area (Å²) in [7, 11) is 1.60. The molecule has 1 fully saturated rings. The summed E-state index contributed by atoms with van der Waals surface area (Å²) >= 11 is 0. The maximum absolute atomic E-state index is 5.66. The van der Waals surface area contributed by atoms with Gasteiger partial charge in [-0.1, -0.05) is 12.1 Å². The Morgan fingerprint density at radius 1 is 0.652 bits per heavy atom. The first-order valence-electron chi connectivity index (χ1n) is 23.1. The summed E-state index contributed by atoms with van der Waals surface area (Å²) in [6, 6.07) is 16.2. The van der Waals surface area contributed by atoms with Crippen molar-refractivity contribution in [1.29, 1.82) is 0 Å². The van der Waals surface area contributed by atoms with Gasteiger partial charge in [0, 0.05) is 68.0 Å². The van der Waals surface area contributed by atoms with Gasteiger partial charge in [0.2, 0.25) is 17.2 Å². The van der Waals surface area contributed by atoms with Gasteiger partial charge in [-0.05, 0) is 65.3 Å². The molecule has 350 valence electrons. The second-order valence-corrected chi connectivity index (χ2v) is 17.6. The maximum atomic E-state index is 5.66. The van der Waals surface area contributed by atoms with Crippen LogP contribution in [0, 0.1) is 6.92 Å². The lowest BCUT2D eigenvalue weighted by Gasteiger charge is -2.27. The van der Waals surface area contributed by atoms with Gasteiger partial charge in [0.1, 0.15) is 39.9 Å². The lowest BCUT2D eigenvalue weighted by molar-refractivity contribution is 0.122. The molecule has 0 radical (unpaired) electrons. The van der Waals surface area contributed by atoms with Crippen molar-refractivity contribution < 1.29 is 9.47 Å². The van der Waals surface area contributed by atoms with Crippen LogP contribution in [0.5, 0.6) is 5.88 Å². The highest BCUT2D eigenvalue weighted by Gasteiger charge is 2.24. The van der Waals surface area contributed by atoms with E-state index < -0.39 is 0 Å². The molecule has 11 rings (SSSR count). The van der Waals surface area contributed by atoms with E-state index in [2.05, 4.69) is 95.8 Å². The summed E-state index contributed by atoms with van der Waals surface area (Å²) < 4.78 is 19.4. The third-order valence-electron chi connectivity index (χ3n) is 11.9. The summed E-state index contributed by atoms with van der Waals surface area (Å²) in [5.41, 5.74) is 8.42. The molecule has 10 aromatic heterocycles. The van der Waals surface area contributed by atoms with Crippen LogP contribution in [0.15, 0.2) is 79.5 Å². The van der Waals surface area contributed by atoms with E-state index in [0.717, 1.165) is 64.2 Å². The first kappa shape index (κ1) is 43.4. The van der Waals surface area contributed by atoms with E-state index in [-0.39, 0.29) is 12.1 Å². The highest BCUT2D eigenvalue weighted by molar-refractivity contribution is 5.83. The van der Waals surface area contributed by atoms with Crippen LogP contribution in [0.2, 0.25) is 0 Å². The minimum Gasteiger partial charge on any atom is -0.481 e. The van der Waals surface area contributed by atoms with Crippen molar-refractivity contribution in [2.75, 3.05) is 48.9 Å². The standard InChI is InChI=1S/C48H51N19O2/c1-28(2)52-43-47-61-59-30(5)64(47)26-36(55-43)45-57-34-22-50-41(63-16-18-69-19-17-63)20-38(34)66(45)25-33-12-9-11-31(54-33)13-14-40-60-62-48-44(53-29(3)4)56-37(27-67(40)48)46-58-35-23-51-42(68-6)21-39(35)65(46)24-32-10-7-8-15-49-32/h7-12,15,20-23,26-29H,13-14,16-19,24-25H2,1-6H3,(H,52,55)(H,53,56). The molecule has 1 aliphatic rings. The van der Waals surface area contributed by atoms with E-state index in [1.807, 2.05) is 64.6 Å². The van der Waals surface area contributed by atoms with E-state index in [1.165, 1.54) is 0 Å². The number of methoxy groups -OCH3 is 1. The molecule has 1 aliphatic heterocycles. The molecule has 10 aromatic rings. The number of rotatable bonds is 15. The maximum Gasteiger partial charge on any atom is 0.215 e. The number of aryl methyl sites for hydroxylation is 3. The monoisotopic (exact) mass is 925 g/mol. The average molecular weight is 926 g/mol. The molecule has 11 heterocycles. The smallest absolute Gasteiger partial charge is 0.215 e. The molecule has 0 aromatic carbocycles. The molecule has 1 saturated heterocycles. The van der Waals surface area contributed by atoms with Crippen LogP contribution in [-0.4, -0.2) is 124 Å². The molecule has 0 aliphatic carbocycles. The number of anilines is 3. The van der Waals surface area contributed by atoms with Crippen molar-refractivity contribution in [2.24, 2.45) is 0 Å². The molecule has 2 N–H and O–H groups in total. The number of ether oxygens (including phenoxy) is 2. The lowest BCUT2D eigenvalue weighted by atomic mass is 10.2. The van der Waals surface area contributed by atoms with Gasteiger partial charge in [-0.2, -0.15) is 0 Å². The molecule has 0 saturated carbocycles. The molecule has 69 heavy (non-hydrogen) atoms. The fraction of sp³-hybridized carbons (Fsp3) is 0.333. The molecule has 21 nitrogen and oxygen atoms in total. The van der Waals surface area contributed by atoms with Gasteiger partial charge in [-0.25, -0.2) is 29.9 Å². The predicted octanol–water partition coefficient (Wildman–Crippen LogP) is 5.85. The Labute approximate surface area is 396 Å². The normalized spacial score (nSPS) is 13.2. The van der Waals surface area contributed by atoms with Crippen LogP contribution >= 0.6 is 0 Å². The molecule has 0 bridgehead atoms.